The van der Waals surface area contributed by atoms with Crippen molar-refractivity contribution in [1.29, 1.82) is 0 Å². The largest absolute Gasteiger partial charge is 0.504 e. The van der Waals surface area contributed by atoms with Gasteiger partial charge in [0.2, 0.25) is 0 Å². The SMILES string of the molecule is CO[C@@]12CC[C@@]3(C[C@@H]1C(C)(C)O)[C@H]1Cc4ccc(O)c5c4[C@@]3(CCN1CCCN=C(N)N)[C@H]2O5. The van der Waals surface area contributed by atoms with Gasteiger partial charge < -0.3 is 31.2 Å². The maximum atomic E-state index is 11.4. The van der Waals surface area contributed by atoms with E-state index in [0.29, 0.717) is 18.3 Å². The van der Waals surface area contributed by atoms with Gasteiger partial charge in [-0.05, 0) is 70.5 Å². The van der Waals surface area contributed by atoms with Crippen LogP contribution in [0.3, 0.4) is 0 Å². The highest BCUT2D eigenvalue weighted by Crippen LogP contribution is 2.77. The van der Waals surface area contributed by atoms with Gasteiger partial charge in [0.25, 0.3) is 0 Å². The monoisotopic (exact) mass is 470 g/mol. The van der Waals surface area contributed by atoms with E-state index in [1.54, 1.807) is 13.2 Å². The topological polar surface area (TPSA) is 127 Å². The fourth-order valence-corrected chi connectivity index (χ4v) is 9.13. The van der Waals surface area contributed by atoms with Gasteiger partial charge in [0.1, 0.15) is 11.7 Å². The van der Waals surface area contributed by atoms with E-state index in [1.807, 2.05) is 13.8 Å². The summed E-state index contributed by atoms with van der Waals surface area (Å²) in [5.41, 5.74) is 11.9. The molecule has 4 fully saturated rings. The minimum Gasteiger partial charge on any atom is -0.504 e. The summed E-state index contributed by atoms with van der Waals surface area (Å²) in [6, 6.07) is 4.22. The standard InChI is InChI=1S/C26H38N4O4/c1-23(2,32)17-14-24-7-8-26(17,33-3)21-25(24)9-12-30(11-4-10-29-22(27)28)18(24)13-15-5-6-16(31)20(34-21)19(15)25/h5-6,17-18,21,31-32H,4,7-14H2,1-3H3,(H4,27,28,29)/t17-,18-,21-,24-,25+,26+/m1/s1. The van der Waals surface area contributed by atoms with E-state index in [1.165, 1.54) is 11.1 Å². The van der Waals surface area contributed by atoms with Gasteiger partial charge in [0, 0.05) is 48.6 Å². The smallest absolute Gasteiger partial charge is 0.185 e. The molecule has 0 unspecified atom stereocenters. The number of aliphatic hydroxyl groups is 1. The molecular formula is C26H38N4O4. The third kappa shape index (κ3) is 2.52. The lowest BCUT2D eigenvalue weighted by Gasteiger charge is -2.74. The molecule has 2 spiro atoms. The molecule has 186 valence electrons. The summed E-state index contributed by atoms with van der Waals surface area (Å²) in [7, 11) is 1.78. The number of nitrogens with two attached hydrogens (primary N) is 2. The summed E-state index contributed by atoms with van der Waals surface area (Å²) >= 11 is 0. The number of aromatic hydroxyl groups is 1. The van der Waals surface area contributed by atoms with E-state index in [4.69, 9.17) is 20.9 Å². The van der Waals surface area contributed by atoms with E-state index in [2.05, 4.69) is 16.0 Å². The summed E-state index contributed by atoms with van der Waals surface area (Å²) in [4.78, 5) is 6.84. The van der Waals surface area contributed by atoms with E-state index in [0.717, 1.165) is 51.6 Å². The summed E-state index contributed by atoms with van der Waals surface area (Å²) < 4.78 is 13.2. The van der Waals surface area contributed by atoms with Crippen LogP contribution in [0.5, 0.6) is 11.5 Å². The maximum absolute atomic E-state index is 11.4. The van der Waals surface area contributed by atoms with Gasteiger partial charge in [-0.3, -0.25) is 9.89 Å². The zero-order chi connectivity index (χ0) is 24.1. The van der Waals surface area contributed by atoms with Crippen LogP contribution < -0.4 is 16.2 Å². The second-order valence-electron chi connectivity index (χ2n) is 11.8. The third-order valence-corrected chi connectivity index (χ3v) is 10.2. The molecule has 34 heavy (non-hydrogen) atoms. The minimum absolute atomic E-state index is 0.0386. The van der Waals surface area contributed by atoms with Crippen LogP contribution >= 0.6 is 0 Å². The zero-order valence-corrected chi connectivity index (χ0v) is 20.5. The Morgan fingerprint density at radius 2 is 2.09 bits per heavy atom. The Bertz CT molecular complexity index is 1050. The lowest BCUT2D eigenvalue weighted by atomic mass is 9.34. The number of guanidine groups is 1. The summed E-state index contributed by atoms with van der Waals surface area (Å²) in [5, 5.41) is 22.3. The molecule has 6 aliphatic rings. The highest BCUT2D eigenvalue weighted by Gasteiger charge is 2.81. The van der Waals surface area contributed by atoms with Crippen LogP contribution in [-0.2, 0) is 16.6 Å². The number of rotatable bonds is 6. The number of fused-ring (bicyclic) bond motifs is 2. The van der Waals surface area contributed by atoms with Crippen LogP contribution in [0.15, 0.2) is 17.1 Å². The van der Waals surface area contributed by atoms with Crippen molar-refractivity contribution < 1.29 is 19.7 Å². The van der Waals surface area contributed by atoms with Crippen molar-refractivity contribution >= 4 is 5.96 Å². The molecule has 7 rings (SSSR count). The van der Waals surface area contributed by atoms with Gasteiger partial charge in [-0.1, -0.05) is 6.07 Å². The van der Waals surface area contributed by atoms with Crippen LogP contribution in [0, 0.1) is 11.3 Å². The number of likely N-dealkylation sites (tertiary alicyclic amines) is 1. The fourth-order valence-electron chi connectivity index (χ4n) is 9.13. The first-order valence-electron chi connectivity index (χ1n) is 12.7. The second kappa shape index (κ2) is 7.02. The molecule has 8 nitrogen and oxygen atoms in total. The van der Waals surface area contributed by atoms with Crippen LogP contribution in [0.25, 0.3) is 0 Å². The number of ether oxygens (including phenoxy) is 2. The molecule has 4 aliphatic carbocycles. The molecule has 3 saturated carbocycles. The van der Waals surface area contributed by atoms with Gasteiger partial charge in [-0.2, -0.15) is 0 Å². The summed E-state index contributed by atoms with van der Waals surface area (Å²) in [5.74, 6) is 0.969. The first-order valence-corrected chi connectivity index (χ1v) is 12.7. The predicted octanol–water partition coefficient (Wildman–Crippen LogP) is 1.64. The molecule has 4 bridgehead atoms. The quantitative estimate of drug-likeness (QED) is 0.283. The highest BCUT2D eigenvalue weighted by atomic mass is 16.6. The van der Waals surface area contributed by atoms with Crippen molar-refractivity contribution in [2.24, 2.45) is 27.8 Å². The Kier molecular flexibility index (Phi) is 4.63. The number of benzene rings is 1. The fraction of sp³-hybridized carbons (Fsp3) is 0.731. The van der Waals surface area contributed by atoms with E-state index in [9.17, 15) is 10.2 Å². The van der Waals surface area contributed by atoms with Crippen LogP contribution in [0.1, 0.15) is 57.1 Å². The molecule has 0 amide bonds. The van der Waals surface area contributed by atoms with Crippen molar-refractivity contribution in [3.63, 3.8) is 0 Å². The predicted molar refractivity (Wildman–Crippen MR) is 129 cm³/mol. The summed E-state index contributed by atoms with van der Waals surface area (Å²) in [6.07, 6.45) is 5.38. The highest BCUT2D eigenvalue weighted by molar-refractivity contribution is 5.75. The second-order valence-corrected chi connectivity index (χ2v) is 11.8. The zero-order valence-electron chi connectivity index (χ0n) is 20.5. The van der Waals surface area contributed by atoms with E-state index >= 15 is 0 Å². The number of phenolic OH excluding ortho intramolecular Hbond substituents is 1. The first-order chi connectivity index (χ1) is 16.1. The molecule has 1 aromatic rings. The number of phenols is 1. The average molecular weight is 471 g/mol. The lowest BCUT2D eigenvalue weighted by Crippen LogP contribution is -2.82. The van der Waals surface area contributed by atoms with Crippen LogP contribution in [0.2, 0.25) is 0 Å². The molecule has 0 radical (unpaired) electrons. The minimum atomic E-state index is -0.905. The maximum Gasteiger partial charge on any atom is 0.185 e. The molecule has 6 N–H and O–H groups in total. The summed E-state index contributed by atoms with van der Waals surface area (Å²) in [6.45, 7) is 6.37. The number of hydrogen-bond donors (Lipinski definition) is 4. The molecule has 8 heteroatoms. The van der Waals surface area contributed by atoms with Crippen molar-refractivity contribution in [3.8, 4) is 11.5 Å². The number of hydrogen-bond acceptors (Lipinski definition) is 6. The Morgan fingerprint density at radius 1 is 1.29 bits per heavy atom. The van der Waals surface area contributed by atoms with Gasteiger partial charge in [-0.25, -0.2) is 0 Å². The Hall–Kier alpha value is -2.03. The molecule has 1 aromatic carbocycles. The van der Waals surface area contributed by atoms with Crippen molar-refractivity contribution in [2.75, 3.05) is 26.7 Å². The lowest BCUT2D eigenvalue weighted by molar-refractivity contribution is -0.300. The number of aliphatic imine (C=N–C) groups is 1. The van der Waals surface area contributed by atoms with Gasteiger partial charge in [-0.15, -0.1) is 0 Å². The molecule has 2 aliphatic heterocycles. The molecule has 0 aromatic heterocycles. The molecule has 2 heterocycles. The van der Waals surface area contributed by atoms with Crippen LogP contribution in [0.4, 0.5) is 0 Å². The van der Waals surface area contributed by atoms with E-state index < -0.39 is 11.2 Å². The Balaban J connectivity index is 1.50. The Morgan fingerprint density at radius 3 is 2.79 bits per heavy atom. The number of piperidine rings is 1. The first kappa shape index (κ1) is 22.4. The molecule has 6 atom stereocenters. The van der Waals surface area contributed by atoms with Gasteiger partial charge in [0.15, 0.2) is 17.5 Å². The van der Waals surface area contributed by atoms with E-state index in [-0.39, 0.29) is 34.6 Å². The Labute approximate surface area is 201 Å². The number of nitrogens with zero attached hydrogens (tertiary/aromatic N) is 2. The normalized spacial score (nSPS) is 39.5. The van der Waals surface area contributed by atoms with Crippen molar-refractivity contribution in [1.82, 2.24) is 4.90 Å². The van der Waals surface area contributed by atoms with Crippen molar-refractivity contribution in [3.05, 3.63) is 23.3 Å². The van der Waals surface area contributed by atoms with Gasteiger partial charge in [0.05, 0.1) is 5.60 Å². The van der Waals surface area contributed by atoms with Gasteiger partial charge >= 0.3 is 0 Å². The average Bonchev–Trinajstić information content (AvgIpc) is 3.16. The number of methoxy groups -OCH3 is 1. The third-order valence-electron chi connectivity index (χ3n) is 10.2. The van der Waals surface area contributed by atoms with Crippen molar-refractivity contribution in [2.45, 2.75) is 81.1 Å². The molecule has 1 saturated heterocycles. The molecular weight excluding hydrogens is 432 g/mol. The van der Waals surface area contributed by atoms with Crippen LogP contribution in [-0.4, -0.2) is 71.2 Å².